The number of fused-ring (bicyclic) bond motifs is 2. The fourth-order valence-electron chi connectivity index (χ4n) is 5.90. The molecular weight excluding hydrogens is 636 g/mol. The van der Waals surface area contributed by atoms with Crippen molar-refractivity contribution in [1.29, 1.82) is 0 Å². The molecule has 0 amide bonds. The van der Waals surface area contributed by atoms with Gasteiger partial charge in [0.05, 0.1) is 12.5 Å². The lowest BCUT2D eigenvalue weighted by Crippen LogP contribution is -2.33. The van der Waals surface area contributed by atoms with Crippen molar-refractivity contribution in [2.75, 3.05) is 60.6 Å². The van der Waals surface area contributed by atoms with Gasteiger partial charge in [0.25, 0.3) is 0 Å². The van der Waals surface area contributed by atoms with Gasteiger partial charge in [-0.2, -0.15) is 0 Å². The van der Waals surface area contributed by atoms with Crippen LogP contribution in [0.5, 0.6) is 23.0 Å². The van der Waals surface area contributed by atoms with Gasteiger partial charge in [0.1, 0.15) is 53.5 Å². The van der Waals surface area contributed by atoms with Gasteiger partial charge in [-0.25, -0.2) is 0 Å². The quantitative estimate of drug-likeness (QED) is 0.0827. The van der Waals surface area contributed by atoms with Gasteiger partial charge < -0.3 is 43.7 Å². The zero-order valence-electron chi connectivity index (χ0n) is 31.7. The first-order chi connectivity index (χ1) is 23.8. The van der Waals surface area contributed by atoms with E-state index < -0.39 is 17.6 Å². The van der Waals surface area contributed by atoms with E-state index in [0.717, 1.165) is 49.9 Å². The number of ether oxygens (including phenoxy) is 3. The molecule has 3 rings (SSSR count). The minimum absolute atomic E-state index is 0.000948. The number of hydrogen-bond acceptors (Lipinski definition) is 10. The number of allylic oxidation sites excluding steroid dienone is 4. The van der Waals surface area contributed by atoms with Crippen molar-refractivity contribution in [3.63, 3.8) is 0 Å². The van der Waals surface area contributed by atoms with E-state index in [1.165, 1.54) is 7.11 Å². The highest BCUT2D eigenvalue weighted by Gasteiger charge is 2.25. The fourth-order valence-corrected chi connectivity index (χ4v) is 5.90. The molecular formula is C40H60N2O8. The molecule has 3 N–H and O–H groups in total. The average Bonchev–Trinajstić information content (AvgIpc) is 3.05. The Morgan fingerprint density at radius 3 is 1.78 bits per heavy atom. The number of methoxy groups -OCH3 is 1. The number of hydrogen-bond donors (Lipinski definition) is 3. The number of nitrogens with zero attached hydrogens (tertiary/aromatic N) is 2. The molecule has 2 unspecified atom stereocenters. The monoisotopic (exact) mass is 696 g/mol. The Hall–Kier alpha value is -3.57. The third-order valence-electron chi connectivity index (χ3n) is 8.64. The summed E-state index contributed by atoms with van der Waals surface area (Å²) < 4.78 is 24.5. The summed E-state index contributed by atoms with van der Waals surface area (Å²) in [4.78, 5) is 18.6. The number of unbranched alkanes of at least 4 members (excludes halogenated alkanes) is 2. The van der Waals surface area contributed by atoms with Gasteiger partial charge in [0, 0.05) is 36.3 Å². The highest BCUT2D eigenvalue weighted by molar-refractivity contribution is 5.98. The number of rotatable bonds is 21. The van der Waals surface area contributed by atoms with Crippen molar-refractivity contribution in [1.82, 2.24) is 9.80 Å². The Labute approximate surface area is 297 Å². The standard InChI is InChI=1S/C40H60N2O8/c1-10-12-18-41(7)22-28(43)24-48-32-20-34-37(38(45)30(32)16-14-26(3)4)39(46)36-31(17-15-27(5)6)40(47-9)35(21-33(36)50-34)49-25-29(44)23-42(8)19-13-11-2/h14-15,20-21,28-29,43-45H,10-13,16-19,22-25H2,1-9H3. The van der Waals surface area contributed by atoms with Crippen LogP contribution in [0.15, 0.2) is 44.6 Å². The van der Waals surface area contributed by atoms with Crippen LogP contribution in [0.1, 0.15) is 78.4 Å². The number of aromatic hydroxyl groups is 1. The van der Waals surface area contributed by atoms with E-state index >= 15 is 0 Å². The van der Waals surface area contributed by atoms with E-state index in [-0.39, 0.29) is 40.9 Å². The van der Waals surface area contributed by atoms with Crippen molar-refractivity contribution in [2.24, 2.45) is 0 Å². The molecule has 0 aliphatic carbocycles. The smallest absolute Gasteiger partial charge is 0.204 e. The molecule has 0 fully saturated rings. The molecule has 0 saturated heterocycles. The molecule has 50 heavy (non-hydrogen) atoms. The molecule has 2 aromatic carbocycles. The van der Waals surface area contributed by atoms with Crippen LogP contribution in [0.2, 0.25) is 0 Å². The van der Waals surface area contributed by atoms with E-state index in [1.807, 2.05) is 53.9 Å². The highest BCUT2D eigenvalue weighted by Crippen LogP contribution is 2.41. The van der Waals surface area contributed by atoms with Crippen LogP contribution >= 0.6 is 0 Å². The largest absolute Gasteiger partial charge is 0.507 e. The van der Waals surface area contributed by atoms with Crippen molar-refractivity contribution in [2.45, 2.75) is 92.3 Å². The van der Waals surface area contributed by atoms with Crippen LogP contribution in [0.3, 0.4) is 0 Å². The molecule has 1 aromatic heterocycles. The lowest BCUT2D eigenvalue weighted by atomic mass is 9.98. The van der Waals surface area contributed by atoms with Crippen LogP contribution in [-0.2, 0) is 12.8 Å². The Balaban J connectivity index is 2.16. The lowest BCUT2D eigenvalue weighted by Gasteiger charge is -2.22. The second-order valence-electron chi connectivity index (χ2n) is 13.9. The molecule has 2 atom stereocenters. The third kappa shape index (κ3) is 11.2. The summed E-state index contributed by atoms with van der Waals surface area (Å²) in [6.07, 6.45) is 7.32. The van der Waals surface area contributed by atoms with Crippen molar-refractivity contribution < 1.29 is 33.9 Å². The SMILES string of the molecule is CCCCN(C)CC(O)COc1cc2oc3cc(OCC(O)CN(C)CCCC)c(OC)c(CC=C(C)C)c3c(=O)c2c(O)c1CC=C(C)C. The topological polar surface area (TPSA) is 125 Å². The number of aliphatic hydroxyl groups excluding tert-OH is 2. The summed E-state index contributed by atoms with van der Waals surface area (Å²) in [7, 11) is 5.46. The number of aliphatic hydroxyl groups is 2. The number of likely N-dealkylation sites (N-methyl/N-ethyl adjacent to an activating group) is 2. The zero-order valence-corrected chi connectivity index (χ0v) is 31.7. The summed E-state index contributed by atoms with van der Waals surface area (Å²) in [6, 6.07) is 3.23. The molecule has 0 saturated carbocycles. The third-order valence-corrected chi connectivity index (χ3v) is 8.64. The Kier molecular flexibility index (Phi) is 16.1. The first-order valence-electron chi connectivity index (χ1n) is 17.9. The molecule has 0 aliphatic heterocycles. The zero-order chi connectivity index (χ0) is 37.0. The molecule has 0 spiro atoms. The van der Waals surface area contributed by atoms with Gasteiger partial charge in [0.2, 0.25) is 5.43 Å². The van der Waals surface area contributed by atoms with Crippen molar-refractivity contribution in [3.05, 3.63) is 56.8 Å². The molecule has 0 bridgehead atoms. The summed E-state index contributed by atoms with van der Waals surface area (Å²) in [5, 5.41) is 33.6. The van der Waals surface area contributed by atoms with E-state index in [2.05, 4.69) is 23.6 Å². The van der Waals surface area contributed by atoms with Crippen LogP contribution in [0.25, 0.3) is 21.9 Å². The summed E-state index contributed by atoms with van der Waals surface area (Å²) in [6.45, 7) is 14.8. The molecule has 10 nitrogen and oxygen atoms in total. The molecule has 278 valence electrons. The van der Waals surface area contributed by atoms with Gasteiger partial charge in [0.15, 0.2) is 11.5 Å². The minimum atomic E-state index is -0.763. The van der Waals surface area contributed by atoms with Crippen LogP contribution in [0.4, 0.5) is 0 Å². The van der Waals surface area contributed by atoms with Gasteiger partial charge in [-0.1, -0.05) is 50.0 Å². The van der Waals surface area contributed by atoms with E-state index in [1.54, 1.807) is 12.1 Å². The molecule has 10 heteroatoms. The predicted molar refractivity (Wildman–Crippen MR) is 202 cm³/mol. The predicted octanol–water partition coefficient (Wildman–Crippen LogP) is 6.62. The fraction of sp³-hybridized carbons (Fsp3) is 0.575. The van der Waals surface area contributed by atoms with Crippen LogP contribution in [-0.4, -0.2) is 97.9 Å². The van der Waals surface area contributed by atoms with Gasteiger partial charge in [-0.3, -0.25) is 4.79 Å². The van der Waals surface area contributed by atoms with Gasteiger partial charge >= 0.3 is 0 Å². The first kappa shape index (κ1) is 40.9. The minimum Gasteiger partial charge on any atom is -0.507 e. The van der Waals surface area contributed by atoms with Gasteiger partial charge in [-0.05, 0) is 80.6 Å². The number of phenols is 1. The molecule has 3 aromatic rings. The van der Waals surface area contributed by atoms with Crippen molar-refractivity contribution >= 4 is 21.9 Å². The van der Waals surface area contributed by atoms with E-state index in [9.17, 15) is 20.1 Å². The number of benzene rings is 2. The maximum absolute atomic E-state index is 14.4. The molecule has 0 radical (unpaired) electrons. The number of phenolic OH excluding ortho intramolecular Hbond substituents is 1. The first-order valence-corrected chi connectivity index (χ1v) is 17.9. The molecule has 1 heterocycles. The second kappa shape index (κ2) is 19.7. The van der Waals surface area contributed by atoms with Gasteiger partial charge in [-0.15, -0.1) is 0 Å². The summed E-state index contributed by atoms with van der Waals surface area (Å²) in [5.74, 6) is 0.819. The Bertz CT molecular complexity index is 1670. The highest BCUT2D eigenvalue weighted by atomic mass is 16.5. The Morgan fingerprint density at radius 2 is 1.28 bits per heavy atom. The lowest BCUT2D eigenvalue weighted by molar-refractivity contribution is 0.0748. The maximum atomic E-state index is 14.4. The normalized spacial score (nSPS) is 12.8. The average molecular weight is 697 g/mol. The summed E-state index contributed by atoms with van der Waals surface area (Å²) in [5.41, 5.74) is 3.09. The second-order valence-corrected chi connectivity index (χ2v) is 13.9. The van der Waals surface area contributed by atoms with Crippen LogP contribution in [0, 0.1) is 0 Å². The Morgan fingerprint density at radius 1 is 0.800 bits per heavy atom. The molecule has 0 aliphatic rings. The van der Waals surface area contributed by atoms with E-state index in [0.29, 0.717) is 54.3 Å². The van der Waals surface area contributed by atoms with Crippen molar-refractivity contribution in [3.8, 4) is 23.0 Å². The van der Waals surface area contributed by atoms with Crippen LogP contribution < -0.4 is 19.6 Å². The maximum Gasteiger partial charge on any atom is 0.204 e. The summed E-state index contributed by atoms with van der Waals surface area (Å²) >= 11 is 0. The van der Waals surface area contributed by atoms with E-state index in [4.69, 9.17) is 18.6 Å².